The zero-order chi connectivity index (χ0) is 14.8. The first-order valence-corrected chi connectivity index (χ1v) is 7.82. The number of amides is 2. The largest absolute Gasteiger partial charge is 0.452 e. The maximum Gasteiger partial charge on any atom is 0.258 e. The normalized spacial score (nSPS) is 15.3. The van der Waals surface area contributed by atoms with E-state index in [1.807, 2.05) is 16.8 Å². The highest BCUT2D eigenvalue weighted by atomic mass is 35.5. The van der Waals surface area contributed by atoms with Crippen LogP contribution >= 0.6 is 22.9 Å². The Balaban J connectivity index is 1.62. The average Bonchev–Trinajstić information content (AvgIpc) is 3.17. The molecular weight excluding hydrogens is 312 g/mol. The van der Waals surface area contributed by atoms with E-state index in [1.165, 1.54) is 17.6 Å². The molecule has 1 fully saturated rings. The Morgan fingerprint density at radius 3 is 2.29 bits per heavy atom. The fraction of sp³-hybridized carbons (Fsp3) is 0.286. The zero-order valence-electron chi connectivity index (χ0n) is 11.1. The molecule has 110 valence electrons. The molecular formula is C14H13ClN2O3S. The molecule has 0 spiro atoms. The van der Waals surface area contributed by atoms with Crippen molar-refractivity contribution in [3.8, 4) is 0 Å². The second-order valence-electron chi connectivity index (χ2n) is 4.70. The standard InChI is InChI=1S/C14H13ClN2O3S/c15-12-11(1-7-20-12)14(19)17-5-3-16(4-6-17)13(18)10-2-8-21-9-10/h1-2,7-9H,3-6H2. The van der Waals surface area contributed by atoms with Crippen molar-refractivity contribution in [2.45, 2.75) is 0 Å². The van der Waals surface area contributed by atoms with Gasteiger partial charge in [-0.3, -0.25) is 9.59 Å². The van der Waals surface area contributed by atoms with E-state index in [0.29, 0.717) is 37.3 Å². The lowest BCUT2D eigenvalue weighted by Crippen LogP contribution is -2.50. The average molecular weight is 325 g/mol. The Labute approximate surface area is 130 Å². The van der Waals surface area contributed by atoms with Gasteiger partial charge in [0.1, 0.15) is 0 Å². The summed E-state index contributed by atoms with van der Waals surface area (Å²) in [6.07, 6.45) is 1.39. The Hall–Kier alpha value is -1.79. The van der Waals surface area contributed by atoms with Gasteiger partial charge in [0.05, 0.1) is 17.4 Å². The molecule has 0 bridgehead atoms. The minimum atomic E-state index is -0.156. The van der Waals surface area contributed by atoms with Gasteiger partial charge in [-0.1, -0.05) is 0 Å². The fourth-order valence-electron chi connectivity index (χ4n) is 2.30. The van der Waals surface area contributed by atoms with Gasteiger partial charge in [-0.25, -0.2) is 0 Å². The van der Waals surface area contributed by atoms with E-state index in [1.54, 1.807) is 15.9 Å². The molecule has 7 heteroatoms. The van der Waals surface area contributed by atoms with Crippen molar-refractivity contribution in [1.29, 1.82) is 0 Å². The molecule has 0 N–H and O–H groups in total. The second kappa shape index (κ2) is 5.91. The number of thiophene rings is 1. The van der Waals surface area contributed by atoms with Crippen molar-refractivity contribution < 1.29 is 14.0 Å². The minimum Gasteiger partial charge on any atom is -0.452 e. The lowest BCUT2D eigenvalue weighted by atomic mass is 10.2. The number of halogens is 1. The van der Waals surface area contributed by atoms with Crippen molar-refractivity contribution in [2.75, 3.05) is 26.2 Å². The first-order chi connectivity index (χ1) is 10.2. The van der Waals surface area contributed by atoms with E-state index >= 15 is 0 Å². The Kier molecular flexibility index (Phi) is 3.98. The molecule has 2 aromatic heterocycles. The van der Waals surface area contributed by atoms with Crippen LogP contribution < -0.4 is 0 Å². The number of furan rings is 1. The molecule has 0 unspecified atom stereocenters. The van der Waals surface area contributed by atoms with Crippen molar-refractivity contribution in [3.63, 3.8) is 0 Å². The summed E-state index contributed by atoms with van der Waals surface area (Å²) in [5.41, 5.74) is 1.08. The molecule has 0 aromatic carbocycles. The molecule has 3 rings (SSSR count). The number of carbonyl (C=O) groups is 2. The predicted octanol–water partition coefficient (Wildman–Crippen LogP) is 2.59. The fourth-order valence-corrected chi connectivity index (χ4v) is 3.12. The number of nitrogens with zero attached hydrogens (tertiary/aromatic N) is 2. The molecule has 5 nitrogen and oxygen atoms in total. The van der Waals surface area contributed by atoms with Gasteiger partial charge in [0.2, 0.25) is 5.22 Å². The van der Waals surface area contributed by atoms with Crippen LogP contribution in [0.5, 0.6) is 0 Å². The minimum absolute atomic E-state index is 0.0182. The van der Waals surface area contributed by atoms with Crippen molar-refractivity contribution in [2.24, 2.45) is 0 Å². The quantitative estimate of drug-likeness (QED) is 0.853. The molecule has 21 heavy (non-hydrogen) atoms. The highest BCUT2D eigenvalue weighted by Gasteiger charge is 2.27. The summed E-state index contributed by atoms with van der Waals surface area (Å²) in [4.78, 5) is 27.9. The van der Waals surface area contributed by atoms with Crippen LogP contribution in [0.15, 0.2) is 33.6 Å². The van der Waals surface area contributed by atoms with Gasteiger partial charge >= 0.3 is 0 Å². The van der Waals surface area contributed by atoms with Crippen LogP contribution in [0.1, 0.15) is 20.7 Å². The van der Waals surface area contributed by atoms with E-state index < -0.39 is 0 Å². The molecule has 0 atom stereocenters. The maximum absolute atomic E-state index is 12.3. The first-order valence-electron chi connectivity index (χ1n) is 6.50. The maximum atomic E-state index is 12.3. The van der Waals surface area contributed by atoms with E-state index in [-0.39, 0.29) is 17.0 Å². The lowest BCUT2D eigenvalue weighted by molar-refractivity contribution is 0.0535. The Morgan fingerprint density at radius 2 is 1.76 bits per heavy atom. The van der Waals surface area contributed by atoms with Gasteiger partial charge in [-0.05, 0) is 29.1 Å². The van der Waals surface area contributed by atoms with E-state index in [0.717, 1.165) is 0 Å². The van der Waals surface area contributed by atoms with Crippen LogP contribution in [-0.4, -0.2) is 47.8 Å². The van der Waals surface area contributed by atoms with E-state index in [2.05, 4.69) is 0 Å². The van der Waals surface area contributed by atoms with E-state index in [4.69, 9.17) is 16.0 Å². The highest BCUT2D eigenvalue weighted by Crippen LogP contribution is 2.20. The monoisotopic (exact) mass is 324 g/mol. The van der Waals surface area contributed by atoms with Crippen LogP contribution in [0.4, 0.5) is 0 Å². The summed E-state index contributed by atoms with van der Waals surface area (Å²) < 4.78 is 4.94. The van der Waals surface area contributed by atoms with Crippen molar-refractivity contribution >= 4 is 34.8 Å². The summed E-state index contributed by atoms with van der Waals surface area (Å²) in [5, 5.41) is 3.83. The van der Waals surface area contributed by atoms with Crippen LogP contribution in [0.3, 0.4) is 0 Å². The third-order valence-corrected chi connectivity index (χ3v) is 4.45. The molecule has 0 saturated carbocycles. The van der Waals surface area contributed by atoms with E-state index in [9.17, 15) is 9.59 Å². The molecule has 1 aliphatic rings. The summed E-state index contributed by atoms with van der Waals surface area (Å²) in [6, 6.07) is 3.38. The lowest BCUT2D eigenvalue weighted by Gasteiger charge is -2.34. The smallest absolute Gasteiger partial charge is 0.258 e. The Bertz CT molecular complexity index is 645. The SMILES string of the molecule is O=C(c1ccsc1)N1CCN(C(=O)c2ccoc2Cl)CC1. The van der Waals surface area contributed by atoms with Crippen LogP contribution in [0, 0.1) is 0 Å². The summed E-state index contributed by atoms with van der Waals surface area (Å²) in [6.45, 7) is 2.04. The van der Waals surface area contributed by atoms with Gasteiger partial charge in [-0.2, -0.15) is 11.3 Å². The molecule has 1 saturated heterocycles. The molecule has 0 aliphatic carbocycles. The van der Waals surface area contributed by atoms with Crippen molar-refractivity contribution in [3.05, 3.63) is 45.5 Å². The zero-order valence-corrected chi connectivity index (χ0v) is 12.7. The number of carbonyl (C=O) groups excluding carboxylic acids is 2. The summed E-state index contributed by atoms with van der Waals surface area (Å²) in [7, 11) is 0. The van der Waals surface area contributed by atoms with Crippen LogP contribution in [-0.2, 0) is 0 Å². The number of hydrogen-bond donors (Lipinski definition) is 0. The second-order valence-corrected chi connectivity index (χ2v) is 5.83. The van der Waals surface area contributed by atoms with Gasteiger partial charge in [-0.15, -0.1) is 0 Å². The number of piperazine rings is 1. The molecule has 3 heterocycles. The van der Waals surface area contributed by atoms with Crippen molar-refractivity contribution in [1.82, 2.24) is 9.80 Å². The number of rotatable bonds is 2. The Morgan fingerprint density at radius 1 is 1.10 bits per heavy atom. The third-order valence-electron chi connectivity index (χ3n) is 3.47. The predicted molar refractivity (Wildman–Crippen MR) is 79.8 cm³/mol. The summed E-state index contributed by atoms with van der Waals surface area (Å²) >= 11 is 7.32. The van der Waals surface area contributed by atoms with Gasteiger partial charge in [0, 0.05) is 31.6 Å². The molecule has 2 amide bonds. The molecule has 0 radical (unpaired) electrons. The van der Waals surface area contributed by atoms with Gasteiger partial charge < -0.3 is 14.2 Å². The topological polar surface area (TPSA) is 53.8 Å². The third kappa shape index (κ3) is 2.82. The number of hydrogen-bond acceptors (Lipinski definition) is 4. The van der Waals surface area contributed by atoms with Crippen LogP contribution in [0.25, 0.3) is 0 Å². The highest BCUT2D eigenvalue weighted by molar-refractivity contribution is 7.08. The first kappa shape index (κ1) is 14.2. The van der Waals surface area contributed by atoms with Crippen LogP contribution in [0.2, 0.25) is 5.22 Å². The summed E-state index contributed by atoms with van der Waals surface area (Å²) in [5.74, 6) is -0.138. The van der Waals surface area contributed by atoms with Gasteiger partial charge in [0.15, 0.2) is 0 Å². The molecule has 1 aliphatic heterocycles. The van der Waals surface area contributed by atoms with Gasteiger partial charge in [0.25, 0.3) is 11.8 Å². The molecule has 2 aromatic rings.